The molecule has 3 heterocycles. The zero-order valence-corrected chi connectivity index (χ0v) is 21.0. The summed E-state index contributed by atoms with van der Waals surface area (Å²) in [6.45, 7) is 9.49. The molecule has 0 aliphatic carbocycles. The van der Waals surface area contributed by atoms with Gasteiger partial charge in [-0.05, 0) is 31.3 Å². The van der Waals surface area contributed by atoms with Gasteiger partial charge in [-0.3, -0.25) is 4.68 Å². The van der Waals surface area contributed by atoms with Gasteiger partial charge < -0.3 is 21.0 Å². The topological polar surface area (TPSA) is 39.5 Å². The van der Waals surface area contributed by atoms with Crippen LogP contribution < -0.4 is 4.57 Å². The first-order valence-electron chi connectivity index (χ1n) is 7.46. The zero-order valence-electron chi connectivity index (χ0n) is 14.9. The van der Waals surface area contributed by atoms with Crippen molar-refractivity contribution in [2.75, 3.05) is 0 Å². The fraction of sp³-hybridized carbons (Fsp3) is 0.294. The molecule has 0 saturated carbocycles. The quantitative estimate of drug-likeness (QED) is 0.296. The standard InChI is InChI=1S/C14H14N5.C3H7.2ClH.2Pt/c1-11-6-12(2)19(16-11)14-7-13(8-15-9-14)18-5-4-17(3)10-18;1-3-2;;;;/h4-6,8-9H,1-3H3;1,3H2,2H3;2*1H;;/q2*-1;;;+1;+2/p-2. The molecule has 3 aromatic heterocycles. The van der Waals surface area contributed by atoms with Gasteiger partial charge in [0.2, 0.25) is 6.33 Å². The number of halogens is 2. The van der Waals surface area contributed by atoms with Crippen LogP contribution in [0, 0.1) is 33.2 Å². The van der Waals surface area contributed by atoms with E-state index < -0.39 is 0 Å². The van der Waals surface area contributed by atoms with Crippen molar-refractivity contribution >= 4 is 18.8 Å². The molecule has 0 spiro atoms. The number of aryl methyl sites for hydroxylation is 3. The van der Waals surface area contributed by atoms with Crippen LogP contribution >= 0.6 is 18.8 Å². The Morgan fingerprint density at radius 1 is 1.27 bits per heavy atom. The van der Waals surface area contributed by atoms with Gasteiger partial charge in [0.15, 0.2) is 0 Å². The molecular weight excluding hydrogens is 735 g/mol. The molecule has 0 saturated heterocycles. The van der Waals surface area contributed by atoms with E-state index >= 15 is 0 Å². The second kappa shape index (κ2) is 14.6. The molecule has 3 rings (SSSR count). The van der Waals surface area contributed by atoms with E-state index in [1.54, 1.807) is 49.9 Å². The van der Waals surface area contributed by atoms with E-state index in [1.165, 1.54) is 0 Å². The molecule has 0 unspecified atom stereocenters. The van der Waals surface area contributed by atoms with E-state index in [2.05, 4.69) is 48.2 Å². The number of aromatic nitrogens is 5. The van der Waals surface area contributed by atoms with Crippen LogP contribution in [0.15, 0.2) is 30.9 Å². The van der Waals surface area contributed by atoms with Gasteiger partial charge in [0.1, 0.15) is 0 Å². The first-order valence-corrected chi connectivity index (χ1v) is 13.1. The Labute approximate surface area is 186 Å². The van der Waals surface area contributed by atoms with Crippen LogP contribution in [0.1, 0.15) is 24.7 Å². The van der Waals surface area contributed by atoms with Crippen LogP contribution in [0.2, 0.25) is 0 Å². The Morgan fingerprint density at radius 3 is 2.31 bits per heavy atom. The predicted molar refractivity (Wildman–Crippen MR) is 96.4 cm³/mol. The van der Waals surface area contributed by atoms with Gasteiger partial charge in [0, 0.05) is 18.1 Å². The van der Waals surface area contributed by atoms with Crippen molar-refractivity contribution in [1.82, 2.24) is 19.3 Å². The summed E-state index contributed by atoms with van der Waals surface area (Å²) < 4.78 is 5.54. The molecule has 3 aromatic rings. The van der Waals surface area contributed by atoms with Crippen LogP contribution in [-0.4, -0.2) is 19.3 Å². The van der Waals surface area contributed by atoms with Crippen molar-refractivity contribution < 1.29 is 42.1 Å². The Balaban J connectivity index is 0.000000793. The molecule has 5 nitrogen and oxygen atoms in total. The van der Waals surface area contributed by atoms with Crippen molar-refractivity contribution in [2.24, 2.45) is 7.05 Å². The Kier molecular flexibility index (Phi) is 14.3. The first-order chi connectivity index (χ1) is 12.5. The van der Waals surface area contributed by atoms with Crippen molar-refractivity contribution in [3.63, 3.8) is 0 Å². The zero-order chi connectivity index (χ0) is 20.1. The normalized spacial score (nSPS) is 9.19. The Bertz CT molecular complexity index is 759. The third-order valence-electron chi connectivity index (χ3n) is 2.85. The molecule has 0 aromatic carbocycles. The molecule has 0 aliphatic rings. The molecule has 0 atom stereocenters. The SMILES string of the molecule is Cc1cc(C)n(-c2[c-]c(-n3[c-][n+](C)cc3)cnc2)n1.[CH2-]CC.[Cl][Pt+].[Cl][Pt]. The molecule has 0 radical (unpaired) electrons. The molecule has 149 valence electrons. The van der Waals surface area contributed by atoms with Crippen LogP contribution in [0.3, 0.4) is 0 Å². The maximum absolute atomic E-state index is 4.61. The van der Waals surface area contributed by atoms with Gasteiger partial charge in [0.05, 0.1) is 12.7 Å². The van der Waals surface area contributed by atoms with Crippen LogP contribution in [0.5, 0.6) is 0 Å². The second-order valence-corrected chi connectivity index (χ2v) is 5.02. The van der Waals surface area contributed by atoms with Gasteiger partial charge in [-0.25, -0.2) is 0 Å². The minimum absolute atomic E-state index is 0.827. The summed E-state index contributed by atoms with van der Waals surface area (Å²) in [5.74, 6) is 0. The fourth-order valence-corrected chi connectivity index (χ4v) is 2.01. The number of rotatable bonds is 2. The van der Waals surface area contributed by atoms with Crippen molar-refractivity contribution in [3.8, 4) is 11.4 Å². The molecule has 0 N–H and O–H groups in total. The molecule has 0 fully saturated rings. The third kappa shape index (κ3) is 8.04. The molecule has 0 bridgehead atoms. The van der Waals surface area contributed by atoms with Crippen molar-refractivity contribution in [2.45, 2.75) is 27.2 Å². The summed E-state index contributed by atoms with van der Waals surface area (Å²) >= 11 is 3.22. The number of pyridine rings is 1. The average molecular weight is 756 g/mol. The predicted octanol–water partition coefficient (Wildman–Crippen LogP) is 3.70. The monoisotopic (exact) mass is 755 g/mol. The van der Waals surface area contributed by atoms with Gasteiger partial charge in [0.25, 0.3) is 0 Å². The molecule has 26 heavy (non-hydrogen) atoms. The third-order valence-corrected chi connectivity index (χ3v) is 2.85. The van der Waals surface area contributed by atoms with Gasteiger partial charge >= 0.3 is 56.4 Å². The first kappa shape index (κ1) is 25.5. The van der Waals surface area contributed by atoms with E-state index in [-0.39, 0.29) is 0 Å². The average Bonchev–Trinajstić information content (AvgIpc) is 3.24. The van der Waals surface area contributed by atoms with E-state index in [1.807, 2.05) is 60.1 Å². The van der Waals surface area contributed by atoms with Crippen LogP contribution in [-0.2, 0) is 44.6 Å². The summed E-state index contributed by atoms with van der Waals surface area (Å²) in [5, 5.41) is 4.44. The van der Waals surface area contributed by atoms with Gasteiger partial charge in [-0.1, -0.05) is 19.3 Å². The Morgan fingerprint density at radius 2 is 1.85 bits per heavy atom. The van der Waals surface area contributed by atoms with E-state index in [0.29, 0.717) is 0 Å². The summed E-state index contributed by atoms with van der Waals surface area (Å²) in [5.41, 5.74) is 3.71. The van der Waals surface area contributed by atoms with Crippen molar-refractivity contribution in [3.05, 3.63) is 61.6 Å². The Hall–Kier alpha value is -0.473. The number of hydrogen-bond donors (Lipinski definition) is 0. The number of hydrogen-bond acceptors (Lipinski definition) is 2. The second-order valence-electron chi connectivity index (χ2n) is 5.02. The molecular formula is C17H21Cl2N5Pt2-. The van der Waals surface area contributed by atoms with E-state index in [4.69, 9.17) is 0 Å². The van der Waals surface area contributed by atoms with Gasteiger partial charge in [-0.15, -0.1) is 0 Å². The summed E-state index contributed by atoms with van der Waals surface area (Å²) in [6, 6.07) is 5.33. The van der Waals surface area contributed by atoms with Crippen molar-refractivity contribution in [1.29, 1.82) is 0 Å². The van der Waals surface area contributed by atoms with Gasteiger partial charge in [-0.2, -0.15) is 17.6 Å². The summed E-state index contributed by atoms with van der Waals surface area (Å²) in [7, 11) is 11.1. The summed E-state index contributed by atoms with van der Waals surface area (Å²) in [6.07, 6.45) is 11.5. The molecule has 0 amide bonds. The molecule has 9 heteroatoms. The maximum atomic E-state index is 4.61. The van der Waals surface area contributed by atoms with E-state index in [0.717, 1.165) is 29.2 Å². The fourth-order valence-electron chi connectivity index (χ4n) is 2.01. The van der Waals surface area contributed by atoms with Crippen LogP contribution in [0.25, 0.3) is 11.4 Å². The molecule has 0 aliphatic heterocycles. The minimum atomic E-state index is 0.827. The summed E-state index contributed by atoms with van der Waals surface area (Å²) in [4.78, 5) is 4.25. The van der Waals surface area contributed by atoms with Crippen LogP contribution in [0.4, 0.5) is 0 Å². The number of nitrogens with zero attached hydrogens (tertiary/aromatic N) is 5. The van der Waals surface area contributed by atoms with E-state index in [9.17, 15) is 0 Å². The number of imidazole rings is 1.